The van der Waals surface area contributed by atoms with Gasteiger partial charge in [-0.1, -0.05) is 6.07 Å². The van der Waals surface area contributed by atoms with E-state index in [1.165, 1.54) is 0 Å². The molecule has 0 saturated carbocycles. The van der Waals surface area contributed by atoms with Gasteiger partial charge in [-0.25, -0.2) is 9.97 Å². The Bertz CT molecular complexity index is 1190. The minimum absolute atomic E-state index is 0.849. The average Bonchev–Trinajstić information content (AvgIpc) is 3.31. The summed E-state index contributed by atoms with van der Waals surface area (Å²) in [6, 6.07) is 6.16. The first-order valence-electron chi connectivity index (χ1n) is 7.70. The number of benzene rings is 1. The molecule has 0 unspecified atom stereocenters. The second-order valence-corrected chi connectivity index (χ2v) is 5.99. The minimum Gasteiger partial charge on any atom is -0.461 e. The number of fused-ring (bicyclic) bond motifs is 3. The minimum atomic E-state index is 0.849. The van der Waals surface area contributed by atoms with Crippen LogP contribution in [0.15, 0.2) is 53.8 Å². The molecule has 6 heteroatoms. The summed E-state index contributed by atoms with van der Waals surface area (Å²) in [5.41, 5.74) is 5.75. The zero-order valence-electron chi connectivity index (χ0n) is 13.3. The Balaban J connectivity index is 1.82. The number of furan rings is 1. The molecule has 0 aliphatic carbocycles. The maximum Gasteiger partial charge on any atom is 0.160 e. The predicted molar refractivity (Wildman–Crippen MR) is 92.5 cm³/mol. The van der Waals surface area contributed by atoms with E-state index in [-0.39, 0.29) is 0 Å². The van der Waals surface area contributed by atoms with Crippen LogP contribution in [0.1, 0.15) is 0 Å². The second kappa shape index (κ2) is 4.61. The molecule has 0 aliphatic rings. The number of aromatic amines is 1. The highest BCUT2D eigenvalue weighted by molar-refractivity contribution is 6.12. The number of rotatable bonds is 2. The third-order valence-corrected chi connectivity index (χ3v) is 4.39. The molecule has 0 bridgehead atoms. The van der Waals surface area contributed by atoms with Crippen molar-refractivity contribution in [1.82, 2.24) is 24.1 Å². The summed E-state index contributed by atoms with van der Waals surface area (Å²) in [4.78, 5) is 12.4. The van der Waals surface area contributed by atoms with E-state index in [0.29, 0.717) is 0 Å². The lowest BCUT2D eigenvalue weighted by Gasteiger charge is -2.03. The van der Waals surface area contributed by atoms with Crippen molar-refractivity contribution in [2.45, 2.75) is 0 Å². The maximum absolute atomic E-state index is 5.86. The lowest BCUT2D eigenvalue weighted by Crippen LogP contribution is -1.92. The number of nitrogens with zero attached hydrogens (tertiary/aromatic N) is 4. The summed E-state index contributed by atoms with van der Waals surface area (Å²) in [6.45, 7) is 0. The van der Waals surface area contributed by atoms with Crippen molar-refractivity contribution in [3.05, 3.63) is 49.4 Å². The van der Waals surface area contributed by atoms with Crippen molar-refractivity contribution in [1.29, 1.82) is 0 Å². The van der Waals surface area contributed by atoms with Crippen molar-refractivity contribution >= 4 is 22.0 Å². The molecule has 0 fully saturated rings. The fourth-order valence-electron chi connectivity index (χ4n) is 3.23. The number of aromatic nitrogens is 5. The van der Waals surface area contributed by atoms with Crippen LogP contribution in [0.3, 0.4) is 0 Å². The zero-order valence-corrected chi connectivity index (χ0v) is 13.3. The Hall–Kier alpha value is -3.28. The van der Waals surface area contributed by atoms with Crippen LogP contribution in [-0.4, -0.2) is 24.1 Å². The van der Waals surface area contributed by atoms with E-state index in [2.05, 4.69) is 27.1 Å². The summed E-state index contributed by atoms with van der Waals surface area (Å²) < 4.78 is 9.80. The van der Waals surface area contributed by atoms with E-state index in [1.807, 2.05) is 41.7 Å². The first-order valence-corrected chi connectivity index (χ1v) is 7.70. The highest BCUT2D eigenvalue weighted by Crippen LogP contribution is 2.37. The number of H-pyrrole nitrogens is 1. The molecule has 5 rings (SSSR count). The van der Waals surface area contributed by atoms with E-state index in [4.69, 9.17) is 4.42 Å². The molecular formula is C18H15N5O. The highest BCUT2D eigenvalue weighted by atomic mass is 16.3. The molecule has 1 N–H and O–H groups in total. The van der Waals surface area contributed by atoms with Crippen molar-refractivity contribution in [3.8, 4) is 22.6 Å². The fraction of sp³-hybridized carbons (Fsp3) is 0.111. The maximum atomic E-state index is 5.86. The number of hydrogen-bond donors (Lipinski definition) is 1. The van der Waals surface area contributed by atoms with Crippen LogP contribution in [0.4, 0.5) is 0 Å². The standard InChI is InChI=1S/C18H15N5O/c1-22-8-14(20-10-22)13-9-24-17-11-4-3-5-12(15(11)21-16(13)17)18-19-6-7-23(18)2/h3-10,21H,1-2H3. The van der Waals surface area contributed by atoms with Gasteiger partial charge in [-0.05, 0) is 12.1 Å². The molecule has 4 heterocycles. The Morgan fingerprint density at radius 2 is 2.00 bits per heavy atom. The van der Waals surface area contributed by atoms with E-state index < -0.39 is 0 Å². The zero-order chi connectivity index (χ0) is 16.3. The molecule has 0 radical (unpaired) electrons. The van der Waals surface area contributed by atoms with Gasteiger partial charge < -0.3 is 18.5 Å². The molecule has 0 saturated heterocycles. The number of aryl methyl sites for hydroxylation is 2. The summed E-state index contributed by atoms with van der Waals surface area (Å²) in [5, 5.41) is 1.05. The monoisotopic (exact) mass is 317 g/mol. The van der Waals surface area contributed by atoms with E-state index in [1.54, 1.807) is 18.8 Å². The molecule has 118 valence electrons. The number of para-hydroxylation sites is 1. The van der Waals surface area contributed by atoms with Crippen molar-refractivity contribution in [2.24, 2.45) is 14.1 Å². The van der Waals surface area contributed by atoms with E-state index in [9.17, 15) is 0 Å². The summed E-state index contributed by atoms with van der Waals surface area (Å²) in [6.07, 6.45) is 9.28. The fourth-order valence-corrected chi connectivity index (χ4v) is 3.23. The molecule has 5 aromatic rings. The molecule has 0 amide bonds. The lowest BCUT2D eigenvalue weighted by atomic mass is 10.1. The molecule has 0 spiro atoms. The smallest absolute Gasteiger partial charge is 0.160 e. The molecule has 24 heavy (non-hydrogen) atoms. The van der Waals surface area contributed by atoms with Crippen molar-refractivity contribution < 1.29 is 4.42 Å². The van der Waals surface area contributed by atoms with Gasteiger partial charge in [-0.3, -0.25) is 0 Å². The largest absolute Gasteiger partial charge is 0.461 e. The van der Waals surface area contributed by atoms with Crippen LogP contribution >= 0.6 is 0 Å². The van der Waals surface area contributed by atoms with Gasteiger partial charge in [-0.15, -0.1) is 0 Å². The topological polar surface area (TPSA) is 64.6 Å². The number of nitrogens with one attached hydrogen (secondary N) is 1. The van der Waals surface area contributed by atoms with E-state index >= 15 is 0 Å². The van der Waals surface area contributed by atoms with Crippen molar-refractivity contribution in [2.75, 3.05) is 0 Å². The van der Waals surface area contributed by atoms with Crippen LogP contribution in [-0.2, 0) is 14.1 Å². The van der Waals surface area contributed by atoms with Crippen LogP contribution < -0.4 is 0 Å². The Kier molecular flexibility index (Phi) is 2.53. The third kappa shape index (κ3) is 1.70. The Morgan fingerprint density at radius 1 is 1.08 bits per heavy atom. The third-order valence-electron chi connectivity index (χ3n) is 4.39. The van der Waals surface area contributed by atoms with E-state index in [0.717, 1.165) is 44.6 Å². The Morgan fingerprint density at radius 3 is 2.75 bits per heavy atom. The number of hydrogen-bond acceptors (Lipinski definition) is 3. The van der Waals surface area contributed by atoms with Crippen LogP contribution in [0.2, 0.25) is 0 Å². The molecule has 4 aromatic heterocycles. The quantitative estimate of drug-likeness (QED) is 0.540. The van der Waals surface area contributed by atoms with Gasteiger partial charge in [0.15, 0.2) is 5.58 Å². The highest BCUT2D eigenvalue weighted by Gasteiger charge is 2.18. The molecular weight excluding hydrogens is 302 g/mol. The van der Waals surface area contributed by atoms with Crippen LogP contribution in [0, 0.1) is 0 Å². The first-order chi connectivity index (χ1) is 11.7. The van der Waals surface area contributed by atoms with Crippen LogP contribution in [0.5, 0.6) is 0 Å². The second-order valence-electron chi connectivity index (χ2n) is 5.99. The molecule has 0 atom stereocenters. The lowest BCUT2D eigenvalue weighted by molar-refractivity contribution is 0.620. The van der Waals surface area contributed by atoms with Gasteiger partial charge in [-0.2, -0.15) is 0 Å². The van der Waals surface area contributed by atoms with Gasteiger partial charge in [0, 0.05) is 43.6 Å². The van der Waals surface area contributed by atoms with Gasteiger partial charge >= 0.3 is 0 Å². The molecule has 0 aliphatic heterocycles. The predicted octanol–water partition coefficient (Wildman–Crippen LogP) is 3.72. The van der Waals surface area contributed by atoms with Gasteiger partial charge in [0.25, 0.3) is 0 Å². The normalized spacial score (nSPS) is 11.8. The number of imidazole rings is 2. The SMILES string of the molecule is Cn1cnc(-c2coc3c2[nH]c2c(-c4nccn4C)cccc23)c1. The summed E-state index contributed by atoms with van der Waals surface area (Å²) >= 11 is 0. The van der Waals surface area contributed by atoms with Crippen molar-refractivity contribution in [3.63, 3.8) is 0 Å². The molecule has 1 aromatic carbocycles. The summed E-state index contributed by atoms with van der Waals surface area (Å²) in [7, 11) is 3.95. The average molecular weight is 317 g/mol. The van der Waals surface area contributed by atoms with Gasteiger partial charge in [0.05, 0.1) is 28.6 Å². The first kappa shape index (κ1) is 13.2. The molecule has 6 nitrogen and oxygen atoms in total. The summed E-state index contributed by atoms with van der Waals surface area (Å²) in [5.74, 6) is 0.920. The van der Waals surface area contributed by atoms with Gasteiger partial charge in [0.2, 0.25) is 0 Å². The Labute approximate surface area is 137 Å². The van der Waals surface area contributed by atoms with Crippen LogP contribution in [0.25, 0.3) is 44.6 Å². The van der Waals surface area contributed by atoms with Gasteiger partial charge in [0.1, 0.15) is 12.1 Å².